The number of likely N-dealkylation sites (N-methyl/N-ethyl adjacent to an activating group) is 2. The predicted molar refractivity (Wildman–Crippen MR) is 100 cm³/mol. The van der Waals surface area contributed by atoms with Gasteiger partial charge in [-0.3, -0.25) is 24.6 Å². The van der Waals surface area contributed by atoms with Gasteiger partial charge >= 0.3 is 6.03 Å². The number of urea groups is 1. The van der Waals surface area contributed by atoms with Gasteiger partial charge in [-0.25, -0.2) is 4.79 Å². The normalized spacial score (nSPS) is 18.6. The summed E-state index contributed by atoms with van der Waals surface area (Å²) in [5.41, 5.74) is -0.508. The lowest BCUT2D eigenvalue weighted by molar-refractivity contribution is -0.385. The molecule has 3 rings (SSSR count). The molecule has 1 saturated carbocycles. The summed E-state index contributed by atoms with van der Waals surface area (Å²) in [6.07, 6.45) is 4.02. The highest BCUT2D eigenvalue weighted by Crippen LogP contribution is 2.39. The minimum absolute atomic E-state index is 0.0210. The molecule has 2 aliphatic rings. The summed E-state index contributed by atoms with van der Waals surface area (Å²) in [5, 5.41) is 11.1. The standard InChI is InChI=1S/C19H24N4O5/c1-20(12-14-8-4-5-9-15(14)23(27)28)16(24)13-22-17(25)19(21(2)18(22)26)10-6-3-7-11-19/h4-5,8-9H,3,6-7,10-13H2,1-2H3. The van der Waals surface area contributed by atoms with Crippen molar-refractivity contribution < 1.29 is 19.3 Å². The lowest BCUT2D eigenvalue weighted by Crippen LogP contribution is -2.49. The van der Waals surface area contributed by atoms with Crippen LogP contribution in [0.15, 0.2) is 24.3 Å². The van der Waals surface area contributed by atoms with E-state index in [4.69, 9.17) is 0 Å². The third-order valence-electron chi connectivity index (χ3n) is 5.80. The minimum atomic E-state index is -0.827. The molecule has 28 heavy (non-hydrogen) atoms. The Hall–Kier alpha value is -2.97. The molecule has 1 aliphatic carbocycles. The van der Waals surface area contributed by atoms with Gasteiger partial charge in [0, 0.05) is 25.7 Å². The van der Waals surface area contributed by atoms with E-state index in [9.17, 15) is 24.5 Å². The fourth-order valence-corrected chi connectivity index (χ4v) is 4.09. The van der Waals surface area contributed by atoms with E-state index in [0.717, 1.165) is 24.2 Å². The van der Waals surface area contributed by atoms with Crippen LogP contribution >= 0.6 is 0 Å². The summed E-state index contributed by atoms with van der Waals surface area (Å²) in [4.78, 5) is 52.7. The molecule has 1 aromatic carbocycles. The number of nitro benzene ring substituents is 1. The highest BCUT2D eigenvalue weighted by Gasteiger charge is 2.55. The molecule has 0 bridgehead atoms. The van der Waals surface area contributed by atoms with E-state index < -0.39 is 22.4 Å². The van der Waals surface area contributed by atoms with Gasteiger partial charge in [-0.1, -0.05) is 37.5 Å². The Balaban J connectivity index is 1.71. The van der Waals surface area contributed by atoms with Gasteiger partial charge in [-0.05, 0) is 12.8 Å². The molecular formula is C19H24N4O5. The maximum absolute atomic E-state index is 13.0. The van der Waals surface area contributed by atoms with Crippen molar-refractivity contribution in [2.45, 2.75) is 44.2 Å². The van der Waals surface area contributed by atoms with E-state index in [2.05, 4.69) is 0 Å². The van der Waals surface area contributed by atoms with Crippen LogP contribution in [0, 0.1) is 10.1 Å². The summed E-state index contributed by atoms with van der Waals surface area (Å²) in [5.74, 6) is -0.756. The van der Waals surface area contributed by atoms with Crippen LogP contribution in [0.2, 0.25) is 0 Å². The number of hydrogen-bond donors (Lipinski definition) is 0. The zero-order valence-electron chi connectivity index (χ0n) is 16.1. The fraction of sp³-hybridized carbons (Fsp3) is 0.526. The number of amides is 4. The average molecular weight is 388 g/mol. The SMILES string of the molecule is CN(Cc1ccccc1[N+](=O)[O-])C(=O)CN1C(=O)N(C)C2(CCCCC2)C1=O. The van der Waals surface area contributed by atoms with Gasteiger partial charge in [0.2, 0.25) is 5.91 Å². The Kier molecular flexibility index (Phi) is 5.35. The van der Waals surface area contributed by atoms with Crippen LogP contribution in [0.1, 0.15) is 37.7 Å². The fourth-order valence-electron chi connectivity index (χ4n) is 4.09. The maximum atomic E-state index is 13.0. The molecule has 1 aromatic rings. The molecule has 1 spiro atoms. The van der Waals surface area contributed by atoms with Gasteiger partial charge in [0.1, 0.15) is 12.1 Å². The second-order valence-electron chi connectivity index (χ2n) is 7.46. The Bertz CT molecular complexity index is 818. The summed E-state index contributed by atoms with van der Waals surface area (Å²) in [6, 6.07) is 5.72. The van der Waals surface area contributed by atoms with E-state index in [1.165, 1.54) is 22.9 Å². The summed E-state index contributed by atoms with van der Waals surface area (Å²) < 4.78 is 0. The number of carbonyl (C=O) groups is 3. The van der Waals surface area contributed by atoms with Crippen molar-refractivity contribution in [2.75, 3.05) is 20.6 Å². The highest BCUT2D eigenvalue weighted by molar-refractivity contribution is 6.08. The first-order valence-corrected chi connectivity index (χ1v) is 9.34. The van der Waals surface area contributed by atoms with Crippen LogP contribution in [0.5, 0.6) is 0 Å². The predicted octanol–water partition coefficient (Wildman–Crippen LogP) is 2.15. The Labute approximate surface area is 163 Å². The molecular weight excluding hydrogens is 364 g/mol. The van der Waals surface area contributed by atoms with Crippen molar-refractivity contribution in [3.05, 3.63) is 39.9 Å². The molecule has 9 heteroatoms. The molecule has 0 atom stereocenters. The second-order valence-corrected chi connectivity index (χ2v) is 7.46. The zero-order chi connectivity index (χ0) is 20.5. The van der Waals surface area contributed by atoms with Crippen LogP contribution in [-0.2, 0) is 16.1 Å². The third kappa shape index (κ3) is 3.32. The minimum Gasteiger partial charge on any atom is -0.340 e. The molecule has 150 valence electrons. The molecule has 0 N–H and O–H groups in total. The number of nitro groups is 1. The topological polar surface area (TPSA) is 104 Å². The summed E-state index contributed by atoms with van der Waals surface area (Å²) >= 11 is 0. The number of carbonyl (C=O) groups excluding carboxylic acids is 3. The molecule has 0 aromatic heterocycles. The van der Waals surface area contributed by atoms with Crippen molar-refractivity contribution in [2.24, 2.45) is 0 Å². The van der Waals surface area contributed by atoms with Gasteiger partial charge in [0.25, 0.3) is 11.6 Å². The van der Waals surface area contributed by atoms with E-state index in [-0.39, 0.29) is 24.7 Å². The number of nitrogens with zero attached hydrogens (tertiary/aromatic N) is 4. The molecule has 4 amide bonds. The third-order valence-corrected chi connectivity index (χ3v) is 5.80. The van der Waals surface area contributed by atoms with Crippen molar-refractivity contribution in [3.8, 4) is 0 Å². The van der Waals surface area contributed by atoms with E-state index in [1.807, 2.05) is 0 Å². The van der Waals surface area contributed by atoms with Gasteiger partial charge in [0.05, 0.1) is 11.5 Å². The maximum Gasteiger partial charge on any atom is 0.327 e. The number of imide groups is 1. The molecule has 2 fully saturated rings. The average Bonchev–Trinajstić information content (AvgIpc) is 2.85. The van der Waals surface area contributed by atoms with Gasteiger partial charge in [-0.2, -0.15) is 0 Å². The first-order valence-electron chi connectivity index (χ1n) is 9.34. The Morgan fingerprint density at radius 1 is 1.21 bits per heavy atom. The van der Waals surface area contributed by atoms with Crippen LogP contribution in [0.4, 0.5) is 10.5 Å². The number of rotatable bonds is 5. The van der Waals surface area contributed by atoms with Crippen molar-refractivity contribution >= 4 is 23.5 Å². The zero-order valence-corrected chi connectivity index (χ0v) is 16.1. The van der Waals surface area contributed by atoms with Crippen molar-refractivity contribution in [1.29, 1.82) is 0 Å². The summed E-state index contributed by atoms with van der Waals surface area (Å²) in [7, 11) is 3.12. The van der Waals surface area contributed by atoms with Gasteiger partial charge in [0.15, 0.2) is 0 Å². The van der Waals surface area contributed by atoms with E-state index >= 15 is 0 Å². The largest absolute Gasteiger partial charge is 0.340 e. The lowest BCUT2D eigenvalue weighted by atomic mass is 9.81. The van der Waals surface area contributed by atoms with Crippen LogP contribution < -0.4 is 0 Å². The van der Waals surface area contributed by atoms with Gasteiger partial charge in [-0.15, -0.1) is 0 Å². The van der Waals surface area contributed by atoms with Crippen molar-refractivity contribution in [1.82, 2.24) is 14.7 Å². The molecule has 1 heterocycles. The van der Waals surface area contributed by atoms with Gasteiger partial charge < -0.3 is 9.80 Å². The van der Waals surface area contributed by atoms with Crippen LogP contribution in [0.25, 0.3) is 0 Å². The van der Waals surface area contributed by atoms with Crippen LogP contribution in [0.3, 0.4) is 0 Å². The highest BCUT2D eigenvalue weighted by atomic mass is 16.6. The first-order chi connectivity index (χ1) is 13.3. The van der Waals surface area contributed by atoms with E-state index in [1.54, 1.807) is 25.2 Å². The molecule has 9 nitrogen and oxygen atoms in total. The van der Waals surface area contributed by atoms with E-state index in [0.29, 0.717) is 18.4 Å². The smallest absolute Gasteiger partial charge is 0.327 e. The molecule has 1 saturated heterocycles. The molecule has 0 unspecified atom stereocenters. The summed E-state index contributed by atoms with van der Waals surface area (Å²) in [6.45, 7) is -0.339. The Morgan fingerprint density at radius 3 is 2.50 bits per heavy atom. The molecule has 1 aliphatic heterocycles. The quantitative estimate of drug-likeness (QED) is 0.437. The molecule has 0 radical (unpaired) electrons. The number of benzene rings is 1. The lowest BCUT2D eigenvalue weighted by Gasteiger charge is -2.35. The Morgan fingerprint density at radius 2 is 1.86 bits per heavy atom. The number of hydrogen-bond acceptors (Lipinski definition) is 5. The van der Waals surface area contributed by atoms with Crippen molar-refractivity contribution in [3.63, 3.8) is 0 Å². The van der Waals surface area contributed by atoms with Crippen LogP contribution in [-0.4, -0.2) is 63.6 Å². The first kappa shape index (κ1) is 19.8. The number of para-hydroxylation sites is 1. The second kappa shape index (κ2) is 7.57. The monoisotopic (exact) mass is 388 g/mol.